The summed E-state index contributed by atoms with van der Waals surface area (Å²) in [7, 11) is 0. The number of hydrogen-bond acceptors (Lipinski definition) is 2. The second kappa shape index (κ2) is 4.64. The van der Waals surface area contributed by atoms with E-state index in [1.807, 2.05) is 19.1 Å². The lowest BCUT2D eigenvalue weighted by Gasteiger charge is -2.15. The Balaban J connectivity index is 2.21. The van der Waals surface area contributed by atoms with Gasteiger partial charge in [0, 0.05) is 5.02 Å². The molecular weight excluding hydrogens is 224 g/mol. The Morgan fingerprint density at radius 1 is 1.50 bits per heavy atom. The highest BCUT2D eigenvalue weighted by Crippen LogP contribution is 2.32. The van der Waals surface area contributed by atoms with E-state index < -0.39 is 0 Å². The van der Waals surface area contributed by atoms with Crippen LogP contribution >= 0.6 is 11.6 Å². The summed E-state index contributed by atoms with van der Waals surface area (Å²) in [5.74, 6) is 1.35. The van der Waals surface area contributed by atoms with Gasteiger partial charge in [-0.15, -0.1) is 0 Å². The van der Waals surface area contributed by atoms with Crippen molar-refractivity contribution in [1.82, 2.24) is 0 Å². The van der Waals surface area contributed by atoms with Gasteiger partial charge in [0.2, 0.25) is 0 Å². The summed E-state index contributed by atoms with van der Waals surface area (Å²) in [5.41, 5.74) is 2.22. The molecule has 0 aromatic heterocycles. The summed E-state index contributed by atoms with van der Waals surface area (Å²) in [6.45, 7) is 7.74. The van der Waals surface area contributed by atoms with E-state index in [0.717, 1.165) is 28.5 Å². The summed E-state index contributed by atoms with van der Waals surface area (Å²) in [6, 6.07) is 4.02. The van der Waals surface area contributed by atoms with E-state index in [1.165, 1.54) is 0 Å². The van der Waals surface area contributed by atoms with Crippen molar-refractivity contribution < 1.29 is 9.47 Å². The maximum absolute atomic E-state index is 6.12. The highest BCUT2D eigenvalue weighted by atomic mass is 35.5. The molecule has 0 N–H and O–H groups in total. The standard InChI is InChI=1S/C13H17ClO2/c1-8(2)11-5-12(14)9(3)4-13(11)16-7-10-6-15-10/h4-5,8,10H,6-7H2,1-3H3/t10-/m1/s1. The zero-order valence-corrected chi connectivity index (χ0v) is 10.7. The lowest BCUT2D eigenvalue weighted by molar-refractivity contribution is 0.260. The number of rotatable bonds is 4. The predicted molar refractivity (Wildman–Crippen MR) is 65.5 cm³/mol. The van der Waals surface area contributed by atoms with Crippen LogP contribution in [0.1, 0.15) is 30.9 Å². The molecule has 1 fully saturated rings. The van der Waals surface area contributed by atoms with Crippen LogP contribution in [0.2, 0.25) is 5.02 Å². The average molecular weight is 241 g/mol. The van der Waals surface area contributed by atoms with Gasteiger partial charge in [0.05, 0.1) is 6.61 Å². The first-order valence-corrected chi connectivity index (χ1v) is 6.00. The SMILES string of the molecule is Cc1cc(OC[C@H]2CO2)c(C(C)C)cc1Cl. The Labute approximate surface area is 102 Å². The predicted octanol–water partition coefficient (Wildman–Crippen LogP) is 3.55. The van der Waals surface area contributed by atoms with Gasteiger partial charge in [-0.1, -0.05) is 25.4 Å². The van der Waals surface area contributed by atoms with Crippen molar-refractivity contribution in [1.29, 1.82) is 0 Å². The molecule has 16 heavy (non-hydrogen) atoms. The summed E-state index contributed by atoms with van der Waals surface area (Å²) in [4.78, 5) is 0. The molecule has 1 atom stereocenters. The first-order valence-electron chi connectivity index (χ1n) is 5.62. The van der Waals surface area contributed by atoms with Gasteiger partial charge < -0.3 is 9.47 Å². The third-order valence-electron chi connectivity index (χ3n) is 2.74. The largest absolute Gasteiger partial charge is 0.490 e. The van der Waals surface area contributed by atoms with E-state index in [1.54, 1.807) is 0 Å². The first-order chi connectivity index (χ1) is 7.58. The molecule has 1 aliphatic heterocycles. The summed E-state index contributed by atoms with van der Waals surface area (Å²) in [5, 5.41) is 0.804. The molecular formula is C13H17ClO2. The molecule has 0 radical (unpaired) electrons. The minimum absolute atomic E-state index is 0.288. The second-order valence-electron chi connectivity index (χ2n) is 4.56. The summed E-state index contributed by atoms with van der Waals surface area (Å²) in [6.07, 6.45) is 0.288. The molecule has 3 heteroatoms. The average Bonchev–Trinajstić information content (AvgIpc) is 3.02. The normalized spacial score (nSPS) is 18.9. The van der Waals surface area contributed by atoms with Crippen LogP contribution in [-0.2, 0) is 4.74 Å². The van der Waals surface area contributed by atoms with Crippen LogP contribution in [0.3, 0.4) is 0 Å². The molecule has 88 valence electrons. The van der Waals surface area contributed by atoms with Crippen molar-refractivity contribution in [2.45, 2.75) is 32.8 Å². The molecule has 0 amide bonds. The van der Waals surface area contributed by atoms with Gasteiger partial charge in [0.15, 0.2) is 0 Å². The van der Waals surface area contributed by atoms with E-state index in [9.17, 15) is 0 Å². The molecule has 0 unspecified atom stereocenters. The monoisotopic (exact) mass is 240 g/mol. The lowest BCUT2D eigenvalue weighted by Crippen LogP contribution is -2.06. The third kappa shape index (κ3) is 2.69. The second-order valence-corrected chi connectivity index (χ2v) is 4.97. The van der Waals surface area contributed by atoms with Crippen molar-refractivity contribution >= 4 is 11.6 Å². The van der Waals surface area contributed by atoms with Crippen LogP contribution in [0.4, 0.5) is 0 Å². The van der Waals surface area contributed by atoms with Crippen LogP contribution in [0.25, 0.3) is 0 Å². The van der Waals surface area contributed by atoms with Gasteiger partial charge >= 0.3 is 0 Å². The molecule has 1 aromatic carbocycles. The Bertz CT molecular complexity index is 384. The molecule has 1 aromatic rings. The van der Waals surface area contributed by atoms with E-state index in [0.29, 0.717) is 12.5 Å². The summed E-state index contributed by atoms with van der Waals surface area (Å²) >= 11 is 6.12. The number of halogens is 1. The van der Waals surface area contributed by atoms with Crippen molar-refractivity contribution in [3.8, 4) is 5.75 Å². The highest BCUT2D eigenvalue weighted by molar-refractivity contribution is 6.31. The minimum atomic E-state index is 0.288. The van der Waals surface area contributed by atoms with Crippen molar-refractivity contribution in [2.24, 2.45) is 0 Å². The minimum Gasteiger partial charge on any atom is -0.490 e. The topological polar surface area (TPSA) is 21.8 Å². The summed E-state index contributed by atoms with van der Waals surface area (Å²) < 4.78 is 10.9. The Hall–Kier alpha value is -0.730. The molecule has 0 saturated carbocycles. The third-order valence-corrected chi connectivity index (χ3v) is 3.15. The molecule has 1 heterocycles. The van der Waals surface area contributed by atoms with E-state index in [-0.39, 0.29) is 6.10 Å². The molecule has 0 spiro atoms. The van der Waals surface area contributed by atoms with Gasteiger partial charge in [-0.2, -0.15) is 0 Å². The maximum Gasteiger partial charge on any atom is 0.123 e. The van der Waals surface area contributed by atoms with E-state index in [2.05, 4.69) is 13.8 Å². The van der Waals surface area contributed by atoms with Crippen LogP contribution < -0.4 is 4.74 Å². The fourth-order valence-corrected chi connectivity index (χ4v) is 1.77. The molecule has 2 rings (SSSR count). The zero-order chi connectivity index (χ0) is 11.7. The number of hydrogen-bond donors (Lipinski definition) is 0. The van der Waals surface area contributed by atoms with Gasteiger partial charge in [0.25, 0.3) is 0 Å². The molecule has 2 nitrogen and oxygen atoms in total. The molecule has 0 aliphatic carbocycles. The maximum atomic E-state index is 6.12. The number of benzene rings is 1. The first kappa shape index (κ1) is 11.7. The number of aryl methyl sites for hydroxylation is 1. The Morgan fingerprint density at radius 3 is 2.75 bits per heavy atom. The van der Waals surface area contributed by atoms with Gasteiger partial charge in [-0.05, 0) is 36.1 Å². The lowest BCUT2D eigenvalue weighted by atomic mass is 10.0. The highest BCUT2D eigenvalue weighted by Gasteiger charge is 2.24. The van der Waals surface area contributed by atoms with Crippen molar-refractivity contribution in [3.63, 3.8) is 0 Å². The van der Waals surface area contributed by atoms with Crippen LogP contribution in [0.15, 0.2) is 12.1 Å². The number of epoxide rings is 1. The van der Waals surface area contributed by atoms with Crippen LogP contribution in [0.5, 0.6) is 5.75 Å². The Morgan fingerprint density at radius 2 is 2.19 bits per heavy atom. The zero-order valence-electron chi connectivity index (χ0n) is 9.92. The molecule has 1 saturated heterocycles. The van der Waals surface area contributed by atoms with Gasteiger partial charge in [0.1, 0.15) is 18.5 Å². The smallest absolute Gasteiger partial charge is 0.123 e. The van der Waals surface area contributed by atoms with Crippen LogP contribution in [-0.4, -0.2) is 19.3 Å². The Kier molecular flexibility index (Phi) is 3.41. The van der Waals surface area contributed by atoms with E-state index in [4.69, 9.17) is 21.1 Å². The van der Waals surface area contributed by atoms with Gasteiger partial charge in [-0.25, -0.2) is 0 Å². The fourth-order valence-electron chi connectivity index (χ4n) is 1.59. The quantitative estimate of drug-likeness (QED) is 0.751. The van der Waals surface area contributed by atoms with Crippen molar-refractivity contribution in [3.05, 3.63) is 28.3 Å². The van der Waals surface area contributed by atoms with Gasteiger partial charge in [-0.3, -0.25) is 0 Å². The van der Waals surface area contributed by atoms with E-state index >= 15 is 0 Å². The fraction of sp³-hybridized carbons (Fsp3) is 0.538. The molecule has 0 bridgehead atoms. The molecule has 1 aliphatic rings. The van der Waals surface area contributed by atoms with Crippen LogP contribution in [0, 0.1) is 6.92 Å². The number of ether oxygens (including phenoxy) is 2. The van der Waals surface area contributed by atoms with Crippen molar-refractivity contribution in [2.75, 3.05) is 13.2 Å².